The number of nitrogens with one attached hydrogen (secondary N) is 1. The number of rotatable bonds is 5. The van der Waals surface area contributed by atoms with Crippen LogP contribution < -0.4 is 10.1 Å². The molecule has 0 bridgehead atoms. The van der Waals surface area contributed by atoms with Crippen molar-refractivity contribution in [2.75, 3.05) is 6.61 Å². The molecule has 0 radical (unpaired) electrons. The monoisotopic (exact) mass is 310 g/mol. The molecular formula is C12H14ClF3N2O2. The van der Waals surface area contributed by atoms with E-state index in [0.717, 1.165) is 6.07 Å². The fraction of sp³-hybridized carbons (Fsp3) is 0.500. The zero-order valence-corrected chi connectivity index (χ0v) is 11.7. The van der Waals surface area contributed by atoms with E-state index >= 15 is 0 Å². The number of amides is 1. The Kier molecular flexibility index (Phi) is 5.62. The van der Waals surface area contributed by atoms with Crippen molar-refractivity contribution in [3.63, 3.8) is 0 Å². The molecule has 4 nitrogen and oxygen atoms in total. The molecule has 1 rings (SSSR count). The number of nitrogens with zero attached hydrogens (tertiary/aromatic N) is 1. The third-order valence-corrected chi connectivity index (χ3v) is 2.60. The molecule has 112 valence electrons. The van der Waals surface area contributed by atoms with Crippen LogP contribution >= 0.6 is 11.6 Å². The molecule has 0 aromatic carbocycles. The highest BCUT2D eigenvalue weighted by Gasteiger charge is 2.31. The summed E-state index contributed by atoms with van der Waals surface area (Å²) in [4.78, 5) is 14.7. The molecule has 0 unspecified atom stereocenters. The van der Waals surface area contributed by atoms with Crippen LogP contribution in [0.4, 0.5) is 13.2 Å². The maximum absolute atomic E-state index is 12.4. The standard InChI is InChI=1S/C12H14ClF3N2O2/c1-3-10(19)18-7(2)6-20-11-9(13)4-8(5-17-11)12(14,15)16/h4-5,7H,3,6H2,1-2H3,(H,18,19)/t7-/m1/s1. The maximum Gasteiger partial charge on any atom is 0.417 e. The molecule has 0 aliphatic carbocycles. The van der Waals surface area contributed by atoms with Gasteiger partial charge < -0.3 is 10.1 Å². The van der Waals surface area contributed by atoms with Gasteiger partial charge in [-0.05, 0) is 13.0 Å². The van der Waals surface area contributed by atoms with Crippen molar-refractivity contribution in [1.82, 2.24) is 10.3 Å². The molecule has 1 amide bonds. The summed E-state index contributed by atoms with van der Waals surface area (Å²) in [6, 6.07) is 0.446. The van der Waals surface area contributed by atoms with Crippen LogP contribution in [0.2, 0.25) is 5.02 Å². The van der Waals surface area contributed by atoms with Gasteiger partial charge in [0.2, 0.25) is 11.8 Å². The molecule has 1 aromatic rings. The Morgan fingerprint density at radius 2 is 2.20 bits per heavy atom. The van der Waals surface area contributed by atoms with Crippen molar-refractivity contribution >= 4 is 17.5 Å². The third-order valence-electron chi connectivity index (χ3n) is 2.33. The van der Waals surface area contributed by atoms with Crippen molar-refractivity contribution in [3.8, 4) is 5.88 Å². The van der Waals surface area contributed by atoms with Crippen LogP contribution in [0.15, 0.2) is 12.3 Å². The largest absolute Gasteiger partial charge is 0.474 e. The predicted molar refractivity (Wildman–Crippen MR) is 67.6 cm³/mol. The lowest BCUT2D eigenvalue weighted by atomic mass is 10.3. The normalized spacial score (nSPS) is 12.9. The molecule has 0 fully saturated rings. The highest BCUT2D eigenvalue weighted by Crippen LogP contribution is 2.33. The molecule has 0 aliphatic heterocycles. The van der Waals surface area contributed by atoms with Crippen molar-refractivity contribution in [1.29, 1.82) is 0 Å². The van der Waals surface area contributed by atoms with Gasteiger partial charge >= 0.3 is 6.18 Å². The van der Waals surface area contributed by atoms with Gasteiger partial charge in [-0.25, -0.2) is 4.98 Å². The lowest BCUT2D eigenvalue weighted by Crippen LogP contribution is -2.36. The average Bonchev–Trinajstić information content (AvgIpc) is 2.35. The molecule has 0 saturated heterocycles. The van der Waals surface area contributed by atoms with E-state index in [4.69, 9.17) is 16.3 Å². The highest BCUT2D eigenvalue weighted by atomic mass is 35.5. The molecule has 0 spiro atoms. The molecule has 1 aromatic heterocycles. The van der Waals surface area contributed by atoms with Crippen LogP contribution in [0.3, 0.4) is 0 Å². The number of carbonyl (C=O) groups is 1. The minimum Gasteiger partial charge on any atom is -0.474 e. The number of hydrogen-bond acceptors (Lipinski definition) is 3. The molecule has 0 aliphatic rings. The number of alkyl halides is 3. The predicted octanol–water partition coefficient (Wildman–Crippen LogP) is 3.05. The quantitative estimate of drug-likeness (QED) is 0.909. The smallest absolute Gasteiger partial charge is 0.417 e. The van der Waals surface area contributed by atoms with Crippen molar-refractivity contribution < 1.29 is 22.7 Å². The van der Waals surface area contributed by atoms with E-state index in [2.05, 4.69) is 10.3 Å². The number of aromatic nitrogens is 1. The summed E-state index contributed by atoms with van der Waals surface area (Å²) in [5, 5.41) is 2.41. The second-order valence-electron chi connectivity index (χ2n) is 4.14. The van der Waals surface area contributed by atoms with Crippen molar-refractivity contribution in [3.05, 3.63) is 22.8 Å². The van der Waals surface area contributed by atoms with Crippen LogP contribution in [-0.4, -0.2) is 23.5 Å². The fourth-order valence-electron chi connectivity index (χ4n) is 1.31. The van der Waals surface area contributed by atoms with Gasteiger partial charge in [-0.3, -0.25) is 4.79 Å². The molecule has 1 heterocycles. The number of halogens is 4. The van der Waals surface area contributed by atoms with Gasteiger partial charge in [0.25, 0.3) is 0 Å². The minimum atomic E-state index is -4.50. The van der Waals surface area contributed by atoms with Crippen molar-refractivity contribution in [2.24, 2.45) is 0 Å². The summed E-state index contributed by atoms with van der Waals surface area (Å²) < 4.78 is 42.4. The Hall–Kier alpha value is -1.50. The second kappa shape index (κ2) is 6.78. The van der Waals surface area contributed by atoms with E-state index in [0.29, 0.717) is 12.6 Å². The maximum atomic E-state index is 12.4. The molecular weight excluding hydrogens is 297 g/mol. The third kappa shape index (κ3) is 4.88. The van der Waals surface area contributed by atoms with Gasteiger partial charge in [-0.15, -0.1) is 0 Å². The zero-order valence-electron chi connectivity index (χ0n) is 10.9. The number of pyridine rings is 1. The first-order chi connectivity index (χ1) is 9.24. The van der Waals surface area contributed by atoms with E-state index in [1.165, 1.54) is 0 Å². The van der Waals surface area contributed by atoms with Crippen molar-refractivity contribution in [2.45, 2.75) is 32.5 Å². The summed E-state index contributed by atoms with van der Waals surface area (Å²) in [6.07, 6.45) is -3.52. The van der Waals surface area contributed by atoms with Crippen LogP contribution in [0.25, 0.3) is 0 Å². The van der Waals surface area contributed by atoms with Crippen LogP contribution in [0, 0.1) is 0 Å². The molecule has 8 heteroatoms. The summed E-state index contributed by atoms with van der Waals surface area (Å²) in [5.74, 6) is -0.246. The van der Waals surface area contributed by atoms with Gasteiger partial charge in [0.05, 0.1) is 11.6 Å². The Balaban J connectivity index is 2.63. The topological polar surface area (TPSA) is 51.2 Å². The SMILES string of the molecule is CCC(=O)N[C@H](C)COc1ncc(C(F)(F)F)cc1Cl. The summed E-state index contributed by atoms with van der Waals surface area (Å²) in [5.41, 5.74) is -0.942. The van der Waals surface area contributed by atoms with Gasteiger partial charge in [0.15, 0.2) is 0 Å². The van der Waals surface area contributed by atoms with Crippen LogP contribution in [-0.2, 0) is 11.0 Å². The first-order valence-corrected chi connectivity index (χ1v) is 6.26. The Morgan fingerprint density at radius 1 is 1.55 bits per heavy atom. The Labute approximate surface area is 119 Å². The minimum absolute atomic E-state index is 0.0593. The summed E-state index contributed by atoms with van der Waals surface area (Å²) in [6.45, 7) is 3.46. The summed E-state index contributed by atoms with van der Waals surface area (Å²) >= 11 is 5.68. The molecule has 1 atom stereocenters. The van der Waals surface area contributed by atoms with Crippen LogP contribution in [0.1, 0.15) is 25.8 Å². The number of hydrogen-bond donors (Lipinski definition) is 1. The van der Waals surface area contributed by atoms with E-state index in [1.54, 1.807) is 13.8 Å². The number of carbonyl (C=O) groups excluding carboxylic acids is 1. The molecule has 0 saturated carbocycles. The fourth-order valence-corrected chi connectivity index (χ4v) is 1.53. The van der Waals surface area contributed by atoms with E-state index in [-0.39, 0.29) is 29.5 Å². The molecule has 1 N–H and O–H groups in total. The number of ether oxygens (including phenoxy) is 1. The van der Waals surface area contributed by atoms with Crippen LogP contribution in [0.5, 0.6) is 5.88 Å². The van der Waals surface area contributed by atoms with E-state index < -0.39 is 11.7 Å². The van der Waals surface area contributed by atoms with Gasteiger partial charge in [-0.2, -0.15) is 13.2 Å². The second-order valence-corrected chi connectivity index (χ2v) is 4.55. The lowest BCUT2D eigenvalue weighted by molar-refractivity contribution is -0.137. The van der Waals surface area contributed by atoms with E-state index in [1.807, 2.05) is 0 Å². The van der Waals surface area contributed by atoms with Gasteiger partial charge in [-0.1, -0.05) is 18.5 Å². The first-order valence-electron chi connectivity index (χ1n) is 5.89. The lowest BCUT2D eigenvalue weighted by Gasteiger charge is -2.15. The first kappa shape index (κ1) is 16.6. The van der Waals surface area contributed by atoms with Gasteiger partial charge in [0, 0.05) is 12.6 Å². The Morgan fingerprint density at radius 3 is 2.70 bits per heavy atom. The average molecular weight is 311 g/mol. The zero-order chi connectivity index (χ0) is 15.3. The summed E-state index contributed by atoms with van der Waals surface area (Å²) in [7, 11) is 0. The van der Waals surface area contributed by atoms with E-state index in [9.17, 15) is 18.0 Å². The Bertz CT molecular complexity index is 480. The van der Waals surface area contributed by atoms with Gasteiger partial charge in [0.1, 0.15) is 11.6 Å². The molecule has 20 heavy (non-hydrogen) atoms. The highest BCUT2D eigenvalue weighted by molar-refractivity contribution is 6.31.